The van der Waals surface area contributed by atoms with E-state index in [4.69, 9.17) is 21.1 Å². The van der Waals surface area contributed by atoms with Crippen LogP contribution in [-0.4, -0.2) is 28.0 Å². The van der Waals surface area contributed by atoms with Gasteiger partial charge >= 0.3 is 0 Å². The number of thiophene rings is 1. The summed E-state index contributed by atoms with van der Waals surface area (Å²) in [6.45, 7) is 2.26. The molecule has 0 radical (unpaired) electrons. The molecule has 0 N–H and O–H groups in total. The van der Waals surface area contributed by atoms with Crippen LogP contribution in [0.3, 0.4) is 0 Å². The molecule has 0 aliphatic carbocycles. The van der Waals surface area contributed by atoms with Gasteiger partial charge in [-0.1, -0.05) is 29.8 Å². The number of fused-ring (bicyclic) bond motifs is 1. The Balaban J connectivity index is 1.92. The van der Waals surface area contributed by atoms with E-state index >= 15 is 0 Å². The Hall–Kier alpha value is -2.55. The fraction of sp³-hybridized carbons (Fsp3) is 0.190. The minimum atomic E-state index is -4.19. The second-order valence-corrected chi connectivity index (χ2v) is 9.83. The number of hydrogen-bond donors (Lipinski definition) is 0. The van der Waals surface area contributed by atoms with Gasteiger partial charge in [0.25, 0.3) is 15.9 Å². The summed E-state index contributed by atoms with van der Waals surface area (Å²) >= 11 is 7.20. The van der Waals surface area contributed by atoms with E-state index in [0.29, 0.717) is 28.5 Å². The molecule has 0 saturated carbocycles. The van der Waals surface area contributed by atoms with E-state index in [9.17, 15) is 13.2 Å². The molecule has 0 spiro atoms. The summed E-state index contributed by atoms with van der Waals surface area (Å²) < 4.78 is 38.7. The standard InChI is InChI=1S/C21H18ClNO5S2/c1-3-28-17-7-5-4-6-14(17)19-15-12-13(22)8-9-16(15)23(20(19)24)30(25,26)21-18(27-2)10-11-29-21/h4-12,19H,3H2,1-2H3. The lowest BCUT2D eigenvalue weighted by atomic mass is 9.92. The van der Waals surface area contributed by atoms with Crippen molar-refractivity contribution < 1.29 is 22.7 Å². The van der Waals surface area contributed by atoms with Crippen molar-refractivity contribution in [3.63, 3.8) is 0 Å². The molecule has 1 aromatic heterocycles. The monoisotopic (exact) mass is 463 g/mol. The van der Waals surface area contributed by atoms with Gasteiger partial charge in [-0.05, 0) is 48.2 Å². The second-order valence-electron chi connectivity index (χ2n) is 6.49. The summed E-state index contributed by atoms with van der Waals surface area (Å²) in [5, 5.41) is 2.02. The first-order valence-corrected chi connectivity index (χ1v) is 11.8. The average Bonchev–Trinajstić information content (AvgIpc) is 3.31. The molecule has 30 heavy (non-hydrogen) atoms. The highest BCUT2D eigenvalue weighted by Gasteiger charge is 2.47. The van der Waals surface area contributed by atoms with E-state index in [-0.39, 0.29) is 15.6 Å². The van der Waals surface area contributed by atoms with E-state index < -0.39 is 21.8 Å². The quantitative estimate of drug-likeness (QED) is 0.530. The van der Waals surface area contributed by atoms with Crippen LogP contribution in [0.5, 0.6) is 11.5 Å². The lowest BCUT2D eigenvalue weighted by Gasteiger charge is -2.19. The van der Waals surface area contributed by atoms with Crippen LogP contribution in [0, 0.1) is 0 Å². The molecular formula is C21H18ClNO5S2. The maximum atomic E-state index is 13.6. The number of carbonyl (C=O) groups excluding carboxylic acids is 1. The molecule has 0 saturated heterocycles. The van der Waals surface area contributed by atoms with Crippen molar-refractivity contribution in [1.29, 1.82) is 0 Å². The van der Waals surface area contributed by atoms with Gasteiger partial charge in [0.2, 0.25) is 0 Å². The third-order valence-electron chi connectivity index (χ3n) is 4.79. The summed E-state index contributed by atoms with van der Waals surface area (Å²) in [5.74, 6) is -0.726. The first-order valence-electron chi connectivity index (χ1n) is 9.12. The van der Waals surface area contributed by atoms with Crippen LogP contribution in [-0.2, 0) is 14.8 Å². The van der Waals surface area contributed by atoms with Crippen molar-refractivity contribution in [2.75, 3.05) is 18.0 Å². The zero-order valence-corrected chi connectivity index (χ0v) is 18.6. The number of nitrogens with zero attached hydrogens (tertiary/aromatic N) is 1. The van der Waals surface area contributed by atoms with Crippen LogP contribution >= 0.6 is 22.9 Å². The van der Waals surface area contributed by atoms with Gasteiger partial charge in [0.15, 0.2) is 4.21 Å². The zero-order chi connectivity index (χ0) is 21.5. The molecule has 0 bridgehead atoms. The minimum absolute atomic E-state index is 0.0296. The number of carbonyl (C=O) groups is 1. The van der Waals surface area contributed by atoms with E-state index in [1.54, 1.807) is 53.9 Å². The van der Waals surface area contributed by atoms with Crippen LogP contribution in [0.1, 0.15) is 24.0 Å². The summed E-state index contributed by atoms with van der Waals surface area (Å²) in [6, 6.07) is 13.4. The number of rotatable bonds is 6. The van der Waals surface area contributed by atoms with E-state index in [0.717, 1.165) is 15.6 Å². The highest BCUT2D eigenvalue weighted by molar-refractivity contribution is 7.95. The number of benzene rings is 2. The highest BCUT2D eigenvalue weighted by Crippen LogP contribution is 2.48. The van der Waals surface area contributed by atoms with Crippen LogP contribution in [0.15, 0.2) is 58.1 Å². The minimum Gasteiger partial charge on any atom is -0.494 e. The normalized spacial score (nSPS) is 15.9. The first-order chi connectivity index (χ1) is 14.4. The Morgan fingerprint density at radius 3 is 2.60 bits per heavy atom. The van der Waals surface area contributed by atoms with Gasteiger partial charge in [0.1, 0.15) is 11.5 Å². The van der Waals surface area contributed by atoms with Crippen molar-refractivity contribution in [2.45, 2.75) is 17.1 Å². The van der Waals surface area contributed by atoms with Crippen LogP contribution in [0.4, 0.5) is 5.69 Å². The van der Waals surface area contributed by atoms with Crippen molar-refractivity contribution in [1.82, 2.24) is 0 Å². The van der Waals surface area contributed by atoms with Gasteiger partial charge in [0, 0.05) is 10.6 Å². The van der Waals surface area contributed by atoms with Crippen molar-refractivity contribution >= 4 is 44.6 Å². The predicted molar refractivity (Wildman–Crippen MR) is 116 cm³/mol. The number of ether oxygens (including phenoxy) is 2. The van der Waals surface area contributed by atoms with E-state index in [1.165, 1.54) is 7.11 Å². The molecule has 2 heterocycles. The Bertz CT molecular complexity index is 1220. The second kappa shape index (κ2) is 7.94. The summed E-state index contributed by atoms with van der Waals surface area (Å²) in [7, 11) is -2.80. The van der Waals surface area contributed by atoms with E-state index in [2.05, 4.69) is 0 Å². The number of methoxy groups -OCH3 is 1. The number of halogens is 1. The molecule has 4 rings (SSSR count). The van der Waals surface area contributed by atoms with Crippen molar-refractivity contribution in [3.05, 3.63) is 70.1 Å². The lowest BCUT2D eigenvalue weighted by molar-refractivity contribution is -0.117. The molecule has 1 aliphatic rings. The summed E-state index contributed by atoms with van der Waals surface area (Å²) in [5.41, 5.74) is 1.37. The molecule has 9 heteroatoms. The van der Waals surface area contributed by atoms with Crippen LogP contribution in [0.2, 0.25) is 5.02 Å². The molecule has 6 nitrogen and oxygen atoms in total. The fourth-order valence-corrected chi connectivity index (χ4v) is 6.55. The van der Waals surface area contributed by atoms with Crippen molar-refractivity contribution in [3.8, 4) is 11.5 Å². The third-order valence-corrected chi connectivity index (χ3v) is 8.16. The molecule has 0 fully saturated rings. The summed E-state index contributed by atoms with van der Waals surface area (Å²) in [6.07, 6.45) is 0. The average molecular weight is 464 g/mol. The smallest absolute Gasteiger partial charge is 0.284 e. The molecule has 1 atom stereocenters. The number of anilines is 1. The summed E-state index contributed by atoms with van der Waals surface area (Å²) in [4.78, 5) is 13.6. The molecule has 3 aromatic rings. The topological polar surface area (TPSA) is 72.9 Å². The largest absolute Gasteiger partial charge is 0.494 e. The van der Waals surface area contributed by atoms with Gasteiger partial charge in [-0.3, -0.25) is 4.79 Å². The van der Waals surface area contributed by atoms with Gasteiger partial charge in [-0.25, -0.2) is 4.31 Å². The Labute approximate surface area is 183 Å². The third kappa shape index (κ3) is 3.25. The van der Waals surface area contributed by atoms with Crippen molar-refractivity contribution in [2.24, 2.45) is 0 Å². The number of amides is 1. The number of para-hydroxylation sites is 1. The Morgan fingerprint density at radius 1 is 1.10 bits per heavy atom. The zero-order valence-electron chi connectivity index (χ0n) is 16.2. The Kier molecular flexibility index (Phi) is 5.48. The lowest BCUT2D eigenvalue weighted by Crippen LogP contribution is -2.35. The molecule has 156 valence electrons. The van der Waals surface area contributed by atoms with Gasteiger partial charge < -0.3 is 9.47 Å². The molecule has 2 aromatic carbocycles. The van der Waals surface area contributed by atoms with Crippen LogP contribution < -0.4 is 13.8 Å². The van der Waals surface area contributed by atoms with Gasteiger partial charge in [0.05, 0.1) is 25.3 Å². The van der Waals surface area contributed by atoms with E-state index in [1.807, 2.05) is 6.92 Å². The molecular weight excluding hydrogens is 446 g/mol. The first kappa shape index (κ1) is 20.7. The molecule has 1 aliphatic heterocycles. The van der Waals surface area contributed by atoms with Gasteiger partial charge in [-0.2, -0.15) is 8.42 Å². The predicted octanol–water partition coefficient (Wildman–Crippen LogP) is 4.68. The number of sulfonamides is 1. The maximum Gasteiger partial charge on any atom is 0.284 e. The maximum absolute atomic E-state index is 13.6. The fourth-order valence-electron chi connectivity index (χ4n) is 3.57. The molecule has 1 amide bonds. The number of hydrogen-bond acceptors (Lipinski definition) is 6. The SMILES string of the molecule is CCOc1ccccc1C1C(=O)N(S(=O)(=O)c2sccc2OC)c2ccc(Cl)cc21. The highest BCUT2D eigenvalue weighted by atomic mass is 35.5. The Morgan fingerprint density at radius 2 is 1.87 bits per heavy atom. The van der Waals surface area contributed by atoms with Crippen LogP contribution in [0.25, 0.3) is 0 Å². The molecule has 1 unspecified atom stereocenters. The van der Waals surface area contributed by atoms with Gasteiger partial charge in [-0.15, -0.1) is 11.3 Å².